The van der Waals surface area contributed by atoms with Crippen LogP contribution in [0.4, 0.5) is 0 Å². The summed E-state index contributed by atoms with van der Waals surface area (Å²) in [4.78, 5) is 0. The first-order chi connectivity index (χ1) is 10.9. The molecule has 0 amide bonds. The first-order valence-corrected chi connectivity index (χ1v) is 8.19. The Morgan fingerprint density at radius 2 is 1.45 bits per heavy atom. The molecule has 1 spiro atoms. The summed E-state index contributed by atoms with van der Waals surface area (Å²) in [5.41, 5.74) is 5.21. The first kappa shape index (κ1) is 11.4. The maximum absolute atomic E-state index is 4.96. The van der Waals surface area contributed by atoms with Crippen LogP contribution in [-0.2, 0) is 5.54 Å². The number of fused-ring (bicyclic) bond motifs is 11. The molecule has 0 unspecified atom stereocenters. The molecule has 0 aromatic heterocycles. The van der Waals surface area contributed by atoms with E-state index in [2.05, 4.69) is 60.7 Å². The molecule has 1 saturated carbocycles. The zero-order chi connectivity index (χ0) is 14.3. The number of allylic oxidation sites excluding steroid dienone is 1. The normalized spacial score (nSPS) is 34.2. The Kier molecular flexibility index (Phi) is 1.84. The predicted molar refractivity (Wildman–Crippen MR) is 85.5 cm³/mol. The lowest BCUT2D eigenvalue weighted by molar-refractivity contribution is 0.309. The highest BCUT2D eigenvalue weighted by Gasteiger charge is 2.62. The quantitative estimate of drug-likeness (QED) is 0.633. The van der Waals surface area contributed by atoms with Crippen molar-refractivity contribution in [3.8, 4) is 11.1 Å². The van der Waals surface area contributed by atoms with Crippen molar-refractivity contribution in [2.24, 2.45) is 28.0 Å². The van der Waals surface area contributed by atoms with Crippen LogP contribution in [0.3, 0.4) is 0 Å². The van der Waals surface area contributed by atoms with Gasteiger partial charge in [0.2, 0.25) is 0 Å². The summed E-state index contributed by atoms with van der Waals surface area (Å²) < 4.78 is 0. The third kappa shape index (κ3) is 1.06. The highest BCUT2D eigenvalue weighted by atomic mass is 15.2. The molecule has 2 bridgehead atoms. The highest BCUT2D eigenvalue weighted by Crippen LogP contribution is 2.64. The third-order valence-electron chi connectivity index (χ3n) is 6.21. The molecule has 4 aliphatic rings. The molecule has 3 aliphatic carbocycles. The van der Waals surface area contributed by atoms with Crippen LogP contribution in [0.25, 0.3) is 11.1 Å². The SMILES string of the molecule is C1=C[C@H]2C[C@H]1[C@@H]1N=NC3(c4ccccc4-c4ccccc43)[C@@H]12. The van der Waals surface area contributed by atoms with Crippen molar-refractivity contribution in [2.75, 3.05) is 0 Å². The predicted octanol–water partition coefficient (Wildman–Crippen LogP) is 4.57. The van der Waals surface area contributed by atoms with E-state index in [1.54, 1.807) is 0 Å². The van der Waals surface area contributed by atoms with Crippen LogP contribution >= 0.6 is 0 Å². The van der Waals surface area contributed by atoms with Gasteiger partial charge in [-0.1, -0.05) is 60.7 Å². The molecule has 2 heteroatoms. The molecule has 2 aromatic carbocycles. The smallest absolute Gasteiger partial charge is 0.138 e. The van der Waals surface area contributed by atoms with Crippen LogP contribution < -0.4 is 0 Å². The molecule has 4 atom stereocenters. The van der Waals surface area contributed by atoms with Crippen LogP contribution in [0.1, 0.15) is 17.5 Å². The third-order valence-corrected chi connectivity index (χ3v) is 6.21. The van der Waals surface area contributed by atoms with Gasteiger partial charge in [-0.2, -0.15) is 10.2 Å². The van der Waals surface area contributed by atoms with Gasteiger partial charge in [0.1, 0.15) is 5.54 Å². The summed E-state index contributed by atoms with van der Waals surface area (Å²) in [6.45, 7) is 0. The van der Waals surface area contributed by atoms with E-state index in [-0.39, 0.29) is 5.54 Å². The van der Waals surface area contributed by atoms with Crippen LogP contribution in [0.2, 0.25) is 0 Å². The Morgan fingerprint density at radius 3 is 2.18 bits per heavy atom. The Balaban J connectivity index is 1.70. The lowest BCUT2D eigenvalue weighted by Crippen LogP contribution is -2.37. The molecule has 22 heavy (non-hydrogen) atoms. The monoisotopic (exact) mass is 284 g/mol. The second kappa shape index (κ2) is 3.57. The van der Waals surface area contributed by atoms with E-state index in [9.17, 15) is 0 Å². The standard InChI is InChI=1S/C20H16N2/c1-3-7-16-14(5-1)15-6-2-4-8-17(15)20(16)18-12-9-10-13(11-12)19(18)21-22-20/h1-10,12-13,18-19H,11H2/t12-,13-,18+,19-/m0/s1. The maximum atomic E-state index is 4.96. The molecule has 106 valence electrons. The summed E-state index contributed by atoms with van der Waals surface area (Å²) in [7, 11) is 0. The van der Waals surface area contributed by atoms with Gasteiger partial charge in [0.05, 0.1) is 6.04 Å². The minimum atomic E-state index is -0.234. The van der Waals surface area contributed by atoms with Crippen LogP contribution in [0, 0.1) is 17.8 Å². The van der Waals surface area contributed by atoms with Crippen molar-refractivity contribution in [1.29, 1.82) is 0 Å². The molecule has 2 nitrogen and oxygen atoms in total. The van der Waals surface area contributed by atoms with Gasteiger partial charge in [-0.25, -0.2) is 0 Å². The fraction of sp³-hybridized carbons (Fsp3) is 0.300. The Hall–Kier alpha value is -2.22. The summed E-state index contributed by atoms with van der Waals surface area (Å²) in [6.07, 6.45) is 6.06. The Morgan fingerprint density at radius 1 is 0.818 bits per heavy atom. The van der Waals surface area contributed by atoms with Crippen molar-refractivity contribution in [3.05, 3.63) is 71.8 Å². The van der Waals surface area contributed by atoms with Gasteiger partial charge in [-0.15, -0.1) is 0 Å². The summed E-state index contributed by atoms with van der Waals surface area (Å²) in [5.74, 6) is 1.74. The van der Waals surface area contributed by atoms with Gasteiger partial charge < -0.3 is 0 Å². The number of hydrogen-bond donors (Lipinski definition) is 0. The largest absolute Gasteiger partial charge is 0.188 e. The molecule has 1 fully saturated rings. The van der Waals surface area contributed by atoms with Crippen LogP contribution in [-0.4, -0.2) is 6.04 Å². The van der Waals surface area contributed by atoms with E-state index < -0.39 is 0 Å². The lowest BCUT2D eigenvalue weighted by Gasteiger charge is -2.33. The fourth-order valence-corrected chi connectivity index (χ4v) is 5.45. The Labute approximate surface area is 129 Å². The summed E-state index contributed by atoms with van der Waals surface area (Å²) >= 11 is 0. The van der Waals surface area contributed by atoms with Gasteiger partial charge in [0, 0.05) is 11.8 Å². The van der Waals surface area contributed by atoms with Gasteiger partial charge in [0.25, 0.3) is 0 Å². The molecule has 2 aromatic rings. The lowest BCUT2D eigenvalue weighted by atomic mass is 9.70. The average Bonchev–Trinajstić information content (AvgIpc) is 3.31. The average molecular weight is 284 g/mol. The second-order valence-electron chi connectivity index (χ2n) is 7.04. The molecule has 6 rings (SSSR count). The second-order valence-corrected chi connectivity index (χ2v) is 7.04. The van der Waals surface area contributed by atoms with Crippen molar-refractivity contribution >= 4 is 0 Å². The van der Waals surface area contributed by atoms with E-state index in [4.69, 9.17) is 10.2 Å². The van der Waals surface area contributed by atoms with E-state index in [0.29, 0.717) is 23.8 Å². The summed E-state index contributed by atoms with van der Waals surface area (Å²) in [6, 6.07) is 18.0. The van der Waals surface area contributed by atoms with Crippen molar-refractivity contribution in [3.63, 3.8) is 0 Å². The van der Waals surface area contributed by atoms with E-state index in [0.717, 1.165) is 0 Å². The summed E-state index contributed by atoms with van der Waals surface area (Å²) in [5, 5.41) is 9.75. The topological polar surface area (TPSA) is 24.7 Å². The fourth-order valence-electron chi connectivity index (χ4n) is 5.45. The minimum absolute atomic E-state index is 0.234. The van der Waals surface area contributed by atoms with E-state index in [1.807, 2.05) is 0 Å². The molecule has 1 aliphatic heterocycles. The van der Waals surface area contributed by atoms with Crippen molar-refractivity contribution in [1.82, 2.24) is 0 Å². The molecule has 0 N–H and O–H groups in total. The molecular weight excluding hydrogens is 268 g/mol. The number of hydrogen-bond acceptors (Lipinski definition) is 2. The van der Waals surface area contributed by atoms with Crippen molar-refractivity contribution in [2.45, 2.75) is 18.0 Å². The molecule has 0 radical (unpaired) electrons. The molecule has 1 heterocycles. The van der Waals surface area contributed by atoms with E-state index >= 15 is 0 Å². The number of azo groups is 1. The zero-order valence-electron chi connectivity index (χ0n) is 12.2. The van der Waals surface area contributed by atoms with E-state index in [1.165, 1.54) is 28.7 Å². The highest BCUT2D eigenvalue weighted by molar-refractivity contribution is 5.81. The molecular formula is C20H16N2. The first-order valence-electron chi connectivity index (χ1n) is 8.19. The molecule has 0 saturated heterocycles. The van der Waals surface area contributed by atoms with Crippen LogP contribution in [0.5, 0.6) is 0 Å². The van der Waals surface area contributed by atoms with Gasteiger partial charge in [-0.05, 0) is 34.6 Å². The number of nitrogens with zero attached hydrogens (tertiary/aromatic N) is 2. The van der Waals surface area contributed by atoms with Gasteiger partial charge in [-0.3, -0.25) is 0 Å². The minimum Gasteiger partial charge on any atom is -0.188 e. The Bertz CT molecular complexity index is 818. The van der Waals surface area contributed by atoms with Gasteiger partial charge in [0.15, 0.2) is 0 Å². The number of benzene rings is 2. The number of rotatable bonds is 0. The maximum Gasteiger partial charge on any atom is 0.138 e. The van der Waals surface area contributed by atoms with Gasteiger partial charge >= 0.3 is 0 Å². The van der Waals surface area contributed by atoms with Crippen LogP contribution in [0.15, 0.2) is 70.9 Å². The van der Waals surface area contributed by atoms with Crippen molar-refractivity contribution < 1.29 is 0 Å². The zero-order valence-corrected chi connectivity index (χ0v) is 12.2.